The van der Waals surface area contributed by atoms with Gasteiger partial charge in [0.15, 0.2) is 0 Å². The van der Waals surface area contributed by atoms with Crippen LogP contribution in [0.2, 0.25) is 0 Å². The smallest absolute Gasteiger partial charge is 0.312 e. The van der Waals surface area contributed by atoms with Crippen molar-refractivity contribution in [1.29, 1.82) is 0 Å². The van der Waals surface area contributed by atoms with Crippen molar-refractivity contribution in [2.45, 2.75) is 19.8 Å². The Morgan fingerprint density at radius 1 is 1.20 bits per heavy atom. The molecule has 0 bridgehead atoms. The Balaban J connectivity index is 2.59. The molecule has 1 aliphatic heterocycles. The molecule has 0 saturated carbocycles. The van der Waals surface area contributed by atoms with Gasteiger partial charge in [-0.25, -0.2) is 0 Å². The van der Waals surface area contributed by atoms with Gasteiger partial charge in [-0.15, -0.1) is 0 Å². The SMILES string of the molecule is COCCN(CCOC)C(=O)C(=O)N1CCCC(C)C1. The van der Waals surface area contributed by atoms with Crippen LogP contribution < -0.4 is 0 Å². The zero-order valence-electron chi connectivity index (χ0n) is 12.8. The number of ether oxygens (including phenoxy) is 2. The Hall–Kier alpha value is -1.14. The van der Waals surface area contributed by atoms with Crippen LogP contribution in [-0.4, -0.2) is 75.2 Å². The van der Waals surface area contributed by atoms with Gasteiger partial charge in [0.05, 0.1) is 13.2 Å². The molecule has 0 spiro atoms. The number of hydrogen-bond acceptors (Lipinski definition) is 4. The summed E-state index contributed by atoms with van der Waals surface area (Å²) < 4.78 is 9.97. The van der Waals surface area contributed by atoms with Gasteiger partial charge in [-0.2, -0.15) is 0 Å². The Bertz CT molecular complexity index is 314. The van der Waals surface area contributed by atoms with Gasteiger partial charge in [0.2, 0.25) is 0 Å². The summed E-state index contributed by atoms with van der Waals surface area (Å²) in [5.41, 5.74) is 0. The van der Waals surface area contributed by atoms with Crippen LogP contribution in [0.5, 0.6) is 0 Å². The highest BCUT2D eigenvalue weighted by molar-refractivity contribution is 6.34. The first-order valence-electron chi connectivity index (χ1n) is 7.16. The van der Waals surface area contributed by atoms with E-state index in [-0.39, 0.29) is 0 Å². The third-order valence-corrected chi connectivity index (χ3v) is 3.55. The lowest BCUT2D eigenvalue weighted by atomic mass is 10.0. The molecular weight excluding hydrogens is 260 g/mol. The molecule has 0 aromatic heterocycles. The minimum absolute atomic E-state index is 0.399. The Labute approximate surface area is 121 Å². The Kier molecular flexibility index (Phi) is 7.54. The van der Waals surface area contributed by atoms with Gasteiger partial charge in [0.25, 0.3) is 0 Å². The van der Waals surface area contributed by atoms with Crippen LogP contribution in [0.1, 0.15) is 19.8 Å². The highest BCUT2D eigenvalue weighted by atomic mass is 16.5. The number of carbonyl (C=O) groups is 2. The summed E-state index contributed by atoms with van der Waals surface area (Å²) in [6.07, 6.45) is 2.09. The van der Waals surface area contributed by atoms with Gasteiger partial charge in [-0.3, -0.25) is 9.59 Å². The number of likely N-dealkylation sites (tertiary alicyclic amines) is 1. The lowest BCUT2D eigenvalue weighted by molar-refractivity contribution is -0.153. The van der Waals surface area contributed by atoms with Crippen molar-refractivity contribution in [2.75, 3.05) is 53.6 Å². The van der Waals surface area contributed by atoms with E-state index in [2.05, 4.69) is 6.92 Å². The van der Waals surface area contributed by atoms with Crippen molar-refractivity contribution in [1.82, 2.24) is 9.80 Å². The first kappa shape index (κ1) is 16.9. The largest absolute Gasteiger partial charge is 0.383 e. The molecule has 0 aromatic rings. The van der Waals surface area contributed by atoms with Crippen LogP contribution in [0.25, 0.3) is 0 Å². The van der Waals surface area contributed by atoms with E-state index >= 15 is 0 Å². The maximum Gasteiger partial charge on any atom is 0.312 e. The van der Waals surface area contributed by atoms with Crippen LogP contribution in [0.15, 0.2) is 0 Å². The molecule has 0 N–H and O–H groups in total. The maximum absolute atomic E-state index is 12.3. The van der Waals surface area contributed by atoms with Gasteiger partial charge in [0, 0.05) is 40.4 Å². The van der Waals surface area contributed by atoms with Crippen molar-refractivity contribution in [3.63, 3.8) is 0 Å². The predicted molar refractivity (Wildman–Crippen MR) is 75.3 cm³/mol. The number of nitrogens with zero attached hydrogens (tertiary/aromatic N) is 2. The van der Waals surface area contributed by atoms with Gasteiger partial charge in [-0.1, -0.05) is 6.92 Å². The average molecular weight is 286 g/mol. The van der Waals surface area contributed by atoms with Gasteiger partial charge in [-0.05, 0) is 18.8 Å². The second-order valence-electron chi connectivity index (χ2n) is 5.28. The van der Waals surface area contributed by atoms with Crippen molar-refractivity contribution in [2.24, 2.45) is 5.92 Å². The summed E-state index contributed by atoms with van der Waals surface area (Å²) in [5, 5.41) is 0. The topological polar surface area (TPSA) is 59.1 Å². The second kappa shape index (κ2) is 8.92. The first-order chi connectivity index (χ1) is 9.60. The monoisotopic (exact) mass is 286 g/mol. The standard InChI is InChI=1S/C14H26N2O4/c1-12-5-4-6-16(11-12)14(18)13(17)15(7-9-19-2)8-10-20-3/h12H,4-11H2,1-3H3. The lowest BCUT2D eigenvalue weighted by Gasteiger charge is -2.32. The molecule has 116 valence electrons. The molecule has 1 atom stereocenters. The lowest BCUT2D eigenvalue weighted by Crippen LogP contribution is -2.49. The number of methoxy groups -OCH3 is 2. The van der Waals surface area contributed by atoms with E-state index in [0.717, 1.165) is 12.8 Å². The summed E-state index contributed by atoms with van der Waals surface area (Å²) in [7, 11) is 3.15. The molecule has 0 radical (unpaired) electrons. The number of carbonyl (C=O) groups excluding carboxylic acids is 2. The third-order valence-electron chi connectivity index (χ3n) is 3.55. The number of piperidine rings is 1. The molecule has 1 aliphatic rings. The summed E-state index contributed by atoms with van der Waals surface area (Å²) in [4.78, 5) is 27.7. The summed E-state index contributed by atoms with van der Waals surface area (Å²) in [5.74, 6) is -0.385. The Morgan fingerprint density at radius 3 is 2.30 bits per heavy atom. The normalized spacial score (nSPS) is 18.9. The molecule has 20 heavy (non-hydrogen) atoms. The molecular formula is C14H26N2O4. The molecule has 0 aliphatic carbocycles. The Morgan fingerprint density at radius 2 is 1.80 bits per heavy atom. The van der Waals surface area contributed by atoms with E-state index in [1.54, 1.807) is 19.1 Å². The van der Waals surface area contributed by atoms with Crippen LogP contribution >= 0.6 is 0 Å². The molecule has 2 amide bonds. The molecule has 6 nitrogen and oxygen atoms in total. The van der Waals surface area contributed by atoms with Gasteiger partial charge in [0.1, 0.15) is 0 Å². The summed E-state index contributed by atoms with van der Waals surface area (Å²) in [6, 6.07) is 0. The van der Waals surface area contributed by atoms with E-state index in [1.807, 2.05) is 0 Å². The van der Waals surface area contributed by atoms with Gasteiger partial charge < -0.3 is 19.3 Å². The van der Waals surface area contributed by atoms with E-state index in [4.69, 9.17) is 9.47 Å². The molecule has 1 rings (SSSR count). The minimum atomic E-state index is -0.451. The van der Waals surface area contributed by atoms with Crippen LogP contribution in [-0.2, 0) is 19.1 Å². The molecule has 1 heterocycles. The fourth-order valence-corrected chi connectivity index (χ4v) is 2.36. The van der Waals surface area contributed by atoms with E-state index in [9.17, 15) is 9.59 Å². The van der Waals surface area contributed by atoms with E-state index in [1.165, 1.54) is 4.90 Å². The van der Waals surface area contributed by atoms with Crippen LogP contribution in [0.4, 0.5) is 0 Å². The van der Waals surface area contributed by atoms with Crippen molar-refractivity contribution in [3.8, 4) is 0 Å². The van der Waals surface area contributed by atoms with E-state index in [0.29, 0.717) is 45.3 Å². The molecule has 1 saturated heterocycles. The van der Waals surface area contributed by atoms with Crippen molar-refractivity contribution in [3.05, 3.63) is 0 Å². The second-order valence-corrected chi connectivity index (χ2v) is 5.28. The summed E-state index contributed by atoms with van der Waals surface area (Å²) >= 11 is 0. The minimum Gasteiger partial charge on any atom is -0.383 e. The number of rotatable bonds is 6. The maximum atomic E-state index is 12.3. The molecule has 1 fully saturated rings. The van der Waals surface area contributed by atoms with E-state index < -0.39 is 11.8 Å². The fourth-order valence-electron chi connectivity index (χ4n) is 2.36. The quantitative estimate of drug-likeness (QED) is 0.662. The summed E-state index contributed by atoms with van der Waals surface area (Å²) in [6.45, 7) is 5.11. The van der Waals surface area contributed by atoms with Crippen molar-refractivity contribution < 1.29 is 19.1 Å². The fraction of sp³-hybridized carbons (Fsp3) is 0.857. The highest BCUT2D eigenvalue weighted by Crippen LogP contribution is 2.15. The molecule has 1 unspecified atom stereocenters. The van der Waals surface area contributed by atoms with Gasteiger partial charge >= 0.3 is 11.8 Å². The predicted octanol–water partition coefficient (Wildman–Crippen LogP) is 0.366. The first-order valence-corrected chi connectivity index (χ1v) is 7.16. The zero-order chi connectivity index (χ0) is 15.0. The zero-order valence-corrected chi connectivity index (χ0v) is 12.8. The molecule has 6 heteroatoms. The molecule has 0 aromatic carbocycles. The number of amides is 2. The third kappa shape index (κ3) is 5.09. The van der Waals surface area contributed by atoms with Crippen molar-refractivity contribution >= 4 is 11.8 Å². The number of hydrogen-bond donors (Lipinski definition) is 0. The average Bonchev–Trinajstić information content (AvgIpc) is 2.46. The van der Waals surface area contributed by atoms with Crippen LogP contribution in [0, 0.1) is 5.92 Å². The highest BCUT2D eigenvalue weighted by Gasteiger charge is 2.29. The van der Waals surface area contributed by atoms with Crippen LogP contribution in [0.3, 0.4) is 0 Å².